The van der Waals surface area contributed by atoms with Gasteiger partial charge in [0, 0.05) is 19.5 Å². The van der Waals surface area contributed by atoms with Gasteiger partial charge in [0.1, 0.15) is 6.04 Å². The molecule has 0 aromatic rings. The maximum atomic E-state index is 11.8. The minimum atomic E-state index is -3.91. The molecule has 1 atom stereocenters. The molecular weight excluding hydrogens is 276 g/mol. The van der Waals surface area contributed by atoms with E-state index in [1.54, 1.807) is 13.8 Å². The van der Waals surface area contributed by atoms with Crippen LogP contribution in [0, 0.1) is 0 Å². The Hall–Kier alpha value is -1.19. The van der Waals surface area contributed by atoms with Crippen LogP contribution in [0.15, 0.2) is 0 Å². The molecule has 8 nitrogen and oxygen atoms in total. The number of carboxylic acids is 1. The van der Waals surface area contributed by atoms with E-state index in [4.69, 9.17) is 5.11 Å². The smallest absolute Gasteiger partial charge is 0.321 e. The Bertz CT molecular complexity index is 420. The monoisotopic (exact) mass is 296 g/mol. The topological polar surface area (TPSA) is 113 Å². The first-order chi connectivity index (χ1) is 8.61. The van der Waals surface area contributed by atoms with Crippen LogP contribution in [-0.4, -0.2) is 56.0 Å². The second-order valence-electron chi connectivity index (χ2n) is 4.24. The normalized spacial score (nSPS) is 13.6. The van der Waals surface area contributed by atoms with Gasteiger partial charge in [0.05, 0.1) is 7.11 Å². The number of carbonyl (C=O) groups excluding carboxylic acids is 1. The molecule has 9 heteroatoms. The van der Waals surface area contributed by atoms with Crippen molar-refractivity contribution in [3.05, 3.63) is 0 Å². The summed E-state index contributed by atoms with van der Waals surface area (Å²) in [6.45, 7) is 3.31. The van der Waals surface area contributed by atoms with E-state index in [0.717, 1.165) is 4.31 Å². The molecule has 0 saturated heterocycles. The third-order valence-electron chi connectivity index (χ3n) is 2.56. The summed E-state index contributed by atoms with van der Waals surface area (Å²) in [5, 5.41) is 8.94. The van der Waals surface area contributed by atoms with E-state index in [1.807, 2.05) is 4.72 Å². The first kappa shape index (κ1) is 17.8. The summed E-state index contributed by atoms with van der Waals surface area (Å²) in [7, 11) is -1.39. The molecule has 19 heavy (non-hydrogen) atoms. The molecule has 0 aliphatic carbocycles. The highest BCUT2D eigenvalue weighted by Crippen LogP contribution is 2.06. The largest absolute Gasteiger partial charge is 0.480 e. The Kier molecular flexibility index (Phi) is 6.95. The second-order valence-corrected chi connectivity index (χ2v) is 6.00. The number of nitrogens with one attached hydrogen (secondary N) is 1. The zero-order chi connectivity index (χ0) is 15.2. The lowest BCUT2D eigenvalue weighted by molar-refractivity contribution is -0.142. The van der Waals surface area contributed by atoms with Crippen molar-refractivity contribution in [3.8, 4) is 0 Å². The highest BCUT2D eigenvalue weighted by atomic mass is 32.2. The zero-order valence-electron chi connectivity index (χ0n) is 11.4. The van der Waals surface area contributed by atoms with Gasteiger partial charge in [0.2, 0.25) is 0 Å². The molecule has 1 unspecified atom stereocenters. The van der Waals surface area contributed by atoms with Crippen molar-refractivity contribution in [1.82, 2.24) is 9.03 Å². The van der Waals surface area contributed by atoms with Crippen LogP contribution >= 0.6 is 0 Å². The second kappa shape index (κ2) is 7.41. The van der Waals surface area contributed by atoms with Crippen LogP contribution in [0.4, 0.5) is 0 Å². The quantitative estimate of drug-likeness (QED) is 0.587. The number of nitrogens with zero attached hydrogens (tertiary/aromatic N) is 1. The summed E-state index contributed by atoms with van der Waals surface area (Å²) in [4.78, 5) is 21.9. The van der Waals surface area contributed by atoms with Crippen LogP contribution in [0.5, 0.6) is 0 Å². The molecule has 0 bridgehead atoms. The Morgan fingerprint density at radius 3 is 2.26 bits per heavy atom. The van der Waals surface area contributed by atoms with Gasteiger partial charge in [-0.25, -0.2) is 0 Å². The van der Waals surface area contributed by atoms with E-state index in [1.165, 1.54) is 14.2 Å². The molecule has 0 radical (unpaired) electrons. The molecule has 0 aromatic carbocycles. The summed E-state index contributed by atoms with van der Waals surface area (Å²) in [6.07, 6.45) is -0.353. The minimum Gasteiger partial charge on any atom is -0.480 e. The lowest BCUT2D eigenvalue weighted by Gasteiger charge is -2.23. The molecule has 0 aromatic heterocycles. The van der Waals surface area contributed by atoms with Crippen molar-refractivity contribution >= 4 is 22.1 Å². The molecule has 0 aliphatic rings. The van der Waals surface area contributed by atoms with Crippen molar-refractivity contribution < 1.29 is 27.9 Å². The molecule has 0 rings (SSSR count). The highest BCUT2D eigenvalue weighted by molar-refractivity contribution is 7.87. The minimum absolute atomic E-state index is 0.173. The number of rotatable bonds is 8. The van der Waals surface area contributed by atoms with E-state index in [2.05, 4.69) is 4.74 Å². The first-order valence-electron chi connectivity index (χ1n) is 5.66. The van der Waals surface area contributed by atoms with Crippen LogP contribution in [0.1, 0.15) is 26.7 Å². The predicted octanol–water partition coefficient (Wildman–Crippen LogP) is -0.433. The average molecular weight is 296 g/mol. The summed E-state index contributed by atoms with van der Waals surface area (Å²) in [5.41, 5.74) is 0. The standard InChI is InChI=1S/C10H20N2O6S/c1-7(2)12(3)19(16,17)11-8(10(14)15)5-6-9(13)18-4/h7-8,11H,5-6H2,1-4H3,(H,14,15). The van der Waals surface area contributed by atoms with Gasteiger partial charge in [-0.3, -0.25) is 9.59 Å². The number of carbonyl (C=O) groups is 2. The van der Waals surface area contributed by atoms with Gasteiger partial charge in [0.25, 0.3) is 10.2 Å². The van der Waals surface area contributed by atoms with Gasteiger partial charge in [-0.1, -0.05) is 0 Å². The fraction of sp³-hybridized carbons (Fsp3) is 0.800. The number of methoxy groups -OCH3 is 1. The molecular formula is C10H20N2O6S. The van der Waals surface area contributed by atoms with Crippen molar-refractivity contribution in [2.75, 3.05) is 14.2 Å². The SMILES string of the molecule is COC(=O)CCC(NS(=O)(=O)N(C)C(C)C)C(=O)O. The number of hydrogen-bond donors (Lipinski definition) is 2. The molecule has 0 fully saturated rings. The highest BCUT2D eigenvalue weighted by Gasteiger charge is 2.28. The van der Waals surface area contributed by atoms with Gasteiger partial charge in [-0.05, 0) is 20.3 Å². The van der Waals surface area contributed by atoms with E-state index in [0.29, 0.717) is 0 Å². The Labute approximate surface area is 112 Å². The van der Waals surface area contributed by atoms with Crippen LogP contribution in [0.2, 0.25) is 0 Å². The molecule has 112 valence electrons. The average Bonchev–Trinajstić information content (AvgIpc) is 2.32. The lowest BCUT2D eigenvalue weighted by Crippen LogP contribution is -2.49. The van der Waals surface area contributed by atoms with Crippen LogP contribution in [0.3, 0.4) is 0 Å². The van der Waals surface area contributed by atoms with Gasteiger partial charge in [-0.2, -0.15) is 17.4 Å². The van der Waals surface area contributed by atoms with E-state index >= 15 is 0 Å². The zero-order valence-corrected chi connectivity index (χ0v) is 12.2. The van der Waals surface area contributed by atoms with Crippen molar-refractivity contribution in [2.45, 2.75) is 38.8 Å². The number of aliphatic carboxylic acids is 1. The van der Waals surface area contributed by atoms with E-state index < -0.39 is 28.2 Å². The molecule has 0 aliphatic heterocycles. The number of esters is 1. The Morgan fingerprint density at radius 1 is 1.37 bits per heavy atom. The van der Waals surface area contributed by atoms with Crippen LogP contribution in [0.25, 0.3) is 0 Å². The summed E-state index contributed by atoms with van der Waals surface area (Å²) in [6, 6.07) is -1.68. The maximum absolute atomic E-state index is 11.8. The molecule has 0 saturated carbocycles. The summed E-state index contributed by atoms with van der Waals surface area (Å²) < 4.78 is 31.1. The van der Waals surface area contributed by atoms with Gasteiger partial charge in [-0.15, -0.1) is 0 Å². The van der Waals surface area contributed by atoms with Crippen molar-refractivity contribution in [1.29, 1.82) is 0 Å². The predicted molar refractivity (Wildman–Crippen MR) is 67.6 cm³/mol. The Morgan fingerprint density at radius 2 is 1.89 bits per heavy atom. The van der Waals surface area contributed by atoms with E-state index in [-0.39, 0.29) is 18.9 Å². The van der Waals surface area contributed by atoms with Crippen LogP contribution < -0.4 is 4.72 Å². The Balaban J connectivity index is 4.76. The van der Waals surface area contributed by atoms with Gasteiger partial charge in [0.15, 0.2) is 0 Å². The maximum Gasteiger partial charge on any atom is 0.321 e. The molecule has 2 N–H and O–H groups in total. The van der Waals surface area contributed by atoms with Gasteiger partial charge >= 0.3 is 11.9 Å². The number of carboxylic acid groups (broad SMARTS) is 1. The first-order valence-corrected chi connectivity index (χ1v) is 7.10. The summed E-state index contributed by atoms with van der Waals surface area (Å²) in [5.74, 6) is -1.94. The third kappa shape index (κ3) is 5.99. The molecule has 0 spiro atoms. The fourth-order valence-corrected chi connectivity index (χ4v) is 2.44. The summed E-state index contributed by atoms with van der Waals surface area (Å²) >= 11 is 0. The van der Waals surface area contributed by atoms with Crippen molar-refractivity contribution in [3.63, 3.8) is 0 Å². The van der Waals surface area contributed by atoms with Gasteiger partial charge < -0.3 is 9.84 Å². The van der Waals surface area contributed by atoms with Crippen LogP contribution in [-0.2, 0) is 24.5 Å². The lowest BCUT2D eigenvalue weighted by atomic mass is 10.2. The number of hydrogen-bond acceptors (Lipinski definition) is 5. The molecule has 0 amide bonds. The third-order valence-corrected chi connectivity index (χ3v) is 4.32. The van der Waals surface area contributed by atoms with Crippen molar-refractivity contribution in [2.24, 2.45) is 0 Å². The fourth-order valence-electron chi connectivity index (χ4n) is 1.14. The molecule has 0 heterocycles. The number of ether oxygens (including phenoxy) is 1. The van der Waals surface area contributed by atoms with E-state index in [9.17, 15) is 18.0 Å².